The summed E-state index contributed by atoms with van der Waals surface area (Å²) in [7, 11) is 1.58. The number of fused-ring (bicyclic) bond motifs is 1. The SMILES string of the molecule is COc1ccc(C(=O)Nc2ccc(Cl)c3cccnc23)cc1. The molecule has 2 aromatic carbocycles. The Hall–Kier alpha value is -2.59. The van der Waals surface area contributed by atoms with Crippen LogP contribution in [0.15, 0.2) is 54.7 Å². The van der Waals surface area contributed by atoms with E-state index >= 15 is 0 Å². The number of ether oxygens (including phenoxy) is 1. The lowest BCUT2D eigenvalue weighted by atomic mass is 10.1. The van der Waals surface area contributed by atoms with Crippen molar-refractivity contribution in [3.05, 3.63) is 65.3 Å². The number of halogens is 1. The molecule has 0 aliphatic heterocycles. The molecule has 1 heterocycles. The molecule has 0 aliphatic carbocycles. The summed E-state index contributed by atoms with van der Waals surface area (Å²) in [6.07, 6.45) is 1.67. The van der Waals surface area contributed by atoms with E-state index in [0.717, 1.165) is 5.39 Å². The van der Waals surface area contributed by atoms with Crippen molar-refractivity contribution in [2.24, 2.45) is 0 Å². The van der Waals surface area contributed by atoms with Crippen LogP contribution in [0.2, 0.25) is 5.02 Å². The van der Waals surface area contributed by atoms with E-state index in [1.807, 2.05) is 12.1 Å². The first-order valence-electron chi connectivity index (χ1n) is 6.67. The second kappa shape index (κ2) is 6.03. The van der Waals surface area contributed by atoms with Crippen molar-refractivity contribution in [1.29, 1.82) is 0 Å². The maximum absolute atomic E-state index is 12.3. The van der Waals surface area contributed by atoms with Crippen LogP contribution in [0, 0.1) is 0 Å². The molecule has 0 atom stereocenters. The monoisotopic (exact) mass is 312 g/mol. The number of aromatic nitrogens is 1. The second-order valence-electron chi connectivity index (χ2n) is 4.68. The third-order valence-corrected chi connectivity index (χ3v) is 3.65. The van der Waals surface area contributed by atoms with Crippen LogP contribution in [-0.2, 0) is 0 Å². The number of carbonyl (C=O) groups is 1. The second-order valence-corrected chi connectivity index (χ2v) is 5.08. The smallest absolute Gasteiger partial charge is 0.255 e. The molecule has 0 bridgehead atoms. The first-order chi connectivity index (χ1) is 10.7. The topological polar surface area (TPSA) is 51.2 Å². The highest BCUT2D eigenvalue weighted by Gasteiger charge is 2.10. The quantitative estimate of drug-likeness (QED) is 0.790. The minimum absolute atomic E-state index is 0.211. The molecule has 1 amide bonds. The molecule has 0 radical (unpaired) electrons. The van der Waals surface area contributed by atoms with Gasteiger partial charge in [0.15, 0.2) is 0 Å². The summed E-state index contributed by atoms with van der Waals surface area (Å²) in [5.74, 6) is 0.493. The summed E-state index contributed by atoms with van der Waals surface area (Å²) in [6, 6.07) is 14.1. The Bertz CT molecular complexity index is 832. The van der Waals surface area contributed by atoms with Gasteiger partial charge in [-0.15, -0.1) is 0 Å². The van der Waals surface area contributed by atoms with Crippen molar-refractivity contribution < 1.29 is 9.53 Å². The number of hydrogen-bond donors (Lipinski definition) is 1. The molecule has 0 aliphatic rings. The van der Waals surface area contributed by atoms with Gasteiger partial charge in [0.1, 0.15) is 5.75 Å². The van der Waals surface area contributed by atoms with Gasteiger partial charge >= 0.3 is 0 Å². The predicted molar refractivity (Wildman–Crippen MR) is 87.7 cm³/mol. The highest BCUT2D eigenvalue weighted by molar-refractivity contribution is 6.36. The van der Waals surface area contributed by atoms with Crippen LogP contribution in [0.1, 0.15) is 10.4 Å². The maximum Gasteiger partial charge on any atom is 0.255 e. The highest BCUT2D eigenvalue weighted by atomic mass is 35.5. The number of nitrogens with zero attached hydrogens (tertiary/aromatic N) is 1. The van der Waals surface area contributed by atoms with Crippen LogP contribution in [0.5, 0.6) is 5.75 Å². The molecule has 110 valence electrons. The van der Waals surface area contributed by atoms with E-state index in [1.165, 1.54) is 0 Å². The molecule has 0 unspecified atom stereocenters. The van der Waals surface area contributed by atoms with Gasteiger partial charge in [-0.25, -0.2) is 0 Å². The highest BCUT2D eigenvalue weighted by Crippen LogP contribution is 2.28. The van der Waals surface area contributed by atoms with E-state index in [0.29, 0.717) is 27.5 Å². The summed E-state index contributed by atoms with van der Waals surface area (Å²) in [6.45, 7) is 0. The van der Waals surface area contributed by atoms with E-state index < -0.39 is 0 Å². The number of nitrogens with one attached hydrogen (secondary N) is 1. The number of amides is 1. The van der Waals surface area contributed by atoms with Crippen molar-refractivity contribution in [1.82, 2.24) is 4.98 Å². The number of hydrogen-bond acceptors (Lipinski definition) is 3. The minimum Gasteiger partial charge on any atom is -0.497 e. The van der Waals surface area contributed by atoms with Crippen molar-refractivity contribution >= 4 is 34.1 Å². The number of benzene rings is 2. The molecule has 0 saturated heterocycles. The average molecular weight is 313 g/mol. The molecule has 3 rings (SSSR count). The molecule has 0 saturated carbocycles. The fourth-order valence-electron chi connectivity index (χ4n) is 2.18. The lowest BCUT2D eigenvalue weighted by Crippen LogP contribution is -2.12. The number of pyridine rings is 1. The molecule has 5 heteroatoms. The van der Waals surface area contributed by atoms with Gasteiger partial charge in [-0.1, -0.05) is 11.6 Å². The van der Waals surface area contributed by atoms with Gasteiger partial charge in [0, 0.05) is 17.1 Å². The van der Waals surface area contributed by atoms with Crippen LogP contribution in [0.4, 0.5) is 5.69 Å². The zero-order chi connectivity index (χ0) is 15.5. The lowest BCUT2D eigenvalue weighted by Gasteiger charge is -2.09. The normalized spacial score (nSPS) is 10.5. The van der Waals surface area contributed by atoms with Crippen LogP contribution >= 0.6 is 11.6 Å². The molecule has 3 aromatic rings. The summed E-state index contributed by atoms with van der Waals surface area (Å²) in [5, 5.41) is 4.27. The van der Waals surface area contributed by atoms with E-state index in [4.69, 9.17) is 16.3 Å². The van der Waals surface area contributed by atoms with Crippen LogP contribution in [-0.4, -0.2) is 18.0 Å². The van der Waals surface area contributed by atoms with E-state index in [1.54, 1.807) is 49.7 Å². The van der Waals surface area contributed by atoms with Crippen molar-refractivity contribution in [2.75, 3.05) is 12.4 Å². The van der Waals surface area contributed by atoms with Gasteiger partial charge in [-0.05, 0) is 48.5 Å². The third kappa shape index (κ3) is 2.73. The fourth-order valence-corrected chi connectivity index (χ4v) is 2.39. The minimum atomic E-state index is -0.211. The maximum atomic E-state index is 12.3. The number of methoxy groups -OCH3 is 1. The standard InChI is InChI=1S/C17H13ClN2O2/c1-22-12-6-4-11(5-7-12)17(21)20-15-9-8-14(18)13-3-2-10-19-16(13)15/h2-10H,1H3,(H,20,21). The molecule has 0 spiro atoms. The van der Waals surface area contributed by atoms with Crippen LogP contribution < -0.4 is 10.1 Å². The third-order valence-electron chi connectivity index (χ3n) is 3.32. The first-order valence-corrected chi connectivity index (χ1v) is 7.05. The van der Waals surface area contributed by atoms with Gasteiger partial charge in [0.05, 0.1) is 23.3 Å². The van der Waals surface area contributed by atoms with Gasteiger partial charge in [-0.2, -0.15) is 0 Å². The Kier molecular flexibility index (Phi) is 3.94. The average Bonchev–Trinajstić information content (AvgIpc) is 2.57. The van der Waals surface area contributed by atoms with Gasteiger partial charge < -0.3 is 10.1 Å². The summed E-state index contributed by atoms with van der Waals surface area (Å²) < 4.78 is 5.08. The van der Waals surface area contributed by atoms with Crippen molar-refractivity contribution in [3.63, 3.8) is 0 Å². The molecular weight excluding hydrogens is 300 g/mol. The Balaban J connectivity index is 1.92. The Morgan fingerprint density at radius 2 is 1.91 bits per heavy atom. The summed E-state index contributed by atoms with van der Waals surface area (Å²) >= 11 is 6.15. The molecule has 1 N–H and O–H groups in total. The van der Waals surface area contributed by atoms with Gasteiger partial charge in [-0.3, -0.25) is 9.78 Å². The summed E-state index contributed by atoms with van der Waals surface area (Å²) in [5.41, 5.74) is 1.83. The molecule has 4 nitrogen and oxygen atoms in total. The summed E-state index contributed by atoms with van der Waals surface area (Å²) in [4.78, 5) is 16.6. The van der Waals surface area contributed by atoms with Crippen molar-refractivity contribution in [2.45, 2.75) is 0 Å². The molecule has 0 fully saturated rings. The van der Waals surface area contributed by atoms with Gasteiger partial charge in [0.25, 0.3) is 5.91 Å². The van der Waals surface area contributed by atoms with Crippen LogP contribution in [0.3, 0.4) is 0 Å². The van der Waals surface area contributed by atoms with Crippen molar-refractivity contribution in [3.8, 4) is 5.75 Å². The number of anilines is 1. The molecule has 22 heavy (non-hydrogen) atoms. The fraction of sp³-hybridized carbons (Fsp3) is 0.0588. The zero-order valence-corrected chi connectivity index (χ0v) is 12.6. The number of rotatable bonds is 3. The largest absolute Gasteiger partial charge is 0.497 e. The van der Waals surface area contributed by atoms with Gasteiger partial charge in [0.2, 0.25) is 0 Å². The number of carbonyl (C=O) groups excluding carboxylic acids is 1. The van der Waals surface area contributed by atoms with E-state index in [9.17, 15) is 4.79 Å². The van der Waals surface area contributed by atoms with Crippen LogP contribution in [0.25, 0.3) is 10.9 Å². The Morgan fingerprint density at radius 3 is 2.64 bits per heavy atom. The zero-order valence-electron chi connectivity index (χ0n) is 11.8. The van der Waals surface area contributed by atoms with E-state index in [-0.39, 0.29) is 5.91 Å². The molecular formula is C17H13ClN2O2. The lowest BCUT2D eigenvalue weighted by molar-refractivity contribution is 0.102. The predicted octanol–water partition coefficient (Wildman–Crippen LogP) is 4.15. The Labute approximate surface area is 132 Å². The first kappa shape index (κ1) is 14.4. The van der Waals surface area contributed by atoms with E-state index in [2.05, 4.69) is 10.3 Å². The Morgan fingerprint density at radius 1 is 1.14 bits per heavy atom. The molecule has 1 aromatic heterocycles.